The molecule has 40 heavy (non-hydrogen) atoms. The molecule has 3 N–H and O–H groups in total. The first-order chi connectivity index (χ1) is 18.7. The van der Waals surface area contributed by atoms with E-state index in [2.05, 4.69) is 16.9 Å². The van der Waals surface area contributed by atoms with Crippen LogP contribution < -0.4 is 5.32 Å². The van der Waals surface area contributed by atoms with Gasteiger partial charge in [0.05, 0.1) is 5.69 Å². The molecule has 0 spiro atoms. The molecule has 1 aromatic heterocycles. The van der Waals surface area contributed by atoms with Gasteiger partial charge in [0, 0.05) is 17.3 Å². The molecule has 1 atom stereocenters. The molecule has 0 radical (unpaired) electrons. The summed E-state index contributed by atoms with van der Waals surface area (Å²) in [5.74, 6) is -0.859. The molecule has 8 heteroatoms. The van der Waals surface area contributed by atoms with Gasteiger partial charge in [-0.05, 0) is 84.2 Å². The number of rotatable bonds is 10. The molecule has 206 valence electrons. The predicted molar refractivity (Wildman–Crippen MR) is 165 cm³/mol. The Morgan fingerprint density at radius 3 is 2.45 bits per heavy atom. The molecule has 0 saturated heterocycles. The van der Waals surface area contributed by atoms with Gasteiger partial charge in [0.15, 0.2) is 0 Å². The molecule has 2 aromatic carbocycles. The van der Waals surface area contributed by atoms with E-state index in [1.165, 1.54) is 11.8 Å². The average molecular weight is 553 g/mol. The van der Waals surface area contributed by atoms with Crippen LogP contribution in [0.4, 0.5) is 0 Å². The fourth-order valence-electron chi connectivity index (χ4n) is 5.31. The number of hydrogen-bond donors (Lipinski definition) is 3. The quantitative estimate of drug-likeness (QED) is 0.285. The van der Waals surface area contributed by atoms with Crippen molar-refractivity contribution in [3.8, 4) is 11.1 Å². The number of carboxylic acids is 1. The molecule has 0 bridgehead atoms. The number of thioether (sulfide) groups is 1. The van der Waals surface area contributed by atoms with Crippen LogP contribution >= 0.6 is 11.8 Å². The topological polar surface area (TPSA) is 99.5 Å². The van der Waals surface area contributed by atoms with Crippen molar-refractivity contribution < 1.29 is 19.8 Å². The number of pyridine rings is 1. The molecule has 1 heterocycles. The first kappa shape index (κ1) is 31.7. The third-order valence-electron chi connectivity index (χ3n) is 7.52. The zero-order valence-corrected chi connectivity index (χ0v) is 23.4. The number of nitrogens with zero attached hydrogens (tertiary/aromatic N) is 1. The third-order valence-corrected chi connectivity index (χ3v) is 8.16. The summed E-state index contributed by atoms with van der Waals surface area (Å²) in [5.41, 5.74) is 4.92. The molecule has 1 fully saturated rings. The van der Waals surface area contributed by atoms with E-state index >= 15 is 0 Å². The van der Waals surface area contributed by atoms with E-state index in [0.29, 0.717) is 47.4 Å². The van der Waals surface area contributed by atoms with Gasteiger partial charge in [-0.2, -0.15) is 11.8 Å². The van der Waals surface area contributed by atoms with Gasteiger partial charge in [0.1, 0.15) is 11.6 Å². The summed E-state index contributed by atoms with van der Waals surface area (Å²) in [6.45, 7) is 6.37. The number of aromatic nitrogens is 1. The van der Waals surface area contributed by atoms with Crippen molar-refractivity contribution in [2.45, 2.75) is 57.1 Å². The van der Waals surface area contributed by atoms with Gasteiger partial charge in [-0.3, -0.25) is 9.78 Å². The van der Waals surface area contributed by atoms with Crippen LogP contribution in [0.5, 0.6) is 0 Å². The van der Waals surface area contributed by atoms with E-state index in [0.717, 1.165) is 41.5 Å². The molecule has 0 aliphatic heterocycles. The van der Waals surface area contributed by atoms with Crippen LogP contribution in [-0.2, 0) is 10.4 Å². The Morgan fingerprint density at radius 1 is 1.05 bits per heavy atom. The van der Waals surface area contributed by atoms with Gasteiger partial charge in [0.25, 0.3) is 5.91 Å². The minimum absolute atomic E-state index is 0. The second-order valence-electron chi connectivity index (χ2n) is 10.2. The van der Waals surface area contributed by atoms with Gasteiger partial charge in [-0.1, -0.05) is 62.2 Å². The molecule has 0 unspecified atom stereocenters. The standard InChI is InChI=1S/C32H36N2O4S.Li.H/c1-21-10-5-6-11-24(21)27-20-23(13-14-26(27)30(35)34-28(31(36)37)15-19-39-3)22(2)25-12-9-18-33-29(25)32(38)16-7-4-8-17-32;;/h5-6,9-14,18,20,28,38H,2,4,7-8,15-17,19H2,1,3H3,(H,34,35)(H,36,37);;/t28-;;/m0../s1. The van der Waals surface area contributed by atoms with Crippen molar-refractivity contribution in [2.24, 2.45) is 0 Å². The van der Waals surface area contributed by atoms with Crippen LogP contribution in [0.3, 0.4) is 0 Å². The molecular formula is C32H37LiN2O4S. The van der Waals surface area contributed by atoms with E-state index in [-0.39, 0.29) is 18.9 Å². The van der Waals surface area contributed by atoms with Crippen molar-refractivity contribution in [1.82, 2.24) is 10.3 Å². The van der Waals surface area contributed by atoms with E-state index < -0.39 is 23.5 Å². The number of aliphatic hydroxyl groups is 1. The summed E-state index contributed by atoms with van der Waals surface area (Å²) in [7, 11) is 0. The fourth-order valence-corrected chi connectivity index (χ4v) is 5.78. The number of amides is 1. The zero-order valence-electron chi connectivity index (χ0n) is 22.6. The van der Waals surface area contributed by atoms with Crippen molar-refractivity contribution in [2.75, 3.05) is 12.0 Å². The number of nitrogens with one attached hydrogen (secondary N) is 1. The van der Waals surface area contributed by atoms with Gasteiger partial charge in [-0.15, -0.1) is 0 Å². The SMILES string of the molecule is C=C(c1ccc(C(=O)N[C@@H](CCSC)C(=O)O)c(-c2ccccc2C)c1)c1cccnc1C1(O)CCCCC1.[LiH]. The summed E-state index contributed by atoms with van der Waals surface area (Å²) in [4.78, 5) is 29.8. The Balaban J connectivity index is 0.00000441. The summed E-state index contributed by atoms with van der Waals surface area (Å²) in [6.07, 6.45) is 8.30. The van der Waals surface area contributed by atoms with Crippen molar-refractivity contribution in [1.29, 1.82) is 0 Å². The molecule has 1 saturated carbocycles. The van der Waals surface area contributed by atoms with Gasteiger partial charge >= 0.3 is 24.8 Å². The molecule has 1 amide bonds. The fraction of sp³-hybridized carbons (Fsp3) is 0.344. The Kier molecular flexibility index (Phi) is 11.2. The maximum absolute atomic E-state index is 13.4. The van der Waals surface area contributed by atoms with Crippen LogP contribution in [0, 0.1) is 6.92 Å². The maximum atomic E-state index is 13.4. The first-order valence-corrected chi connectivity index (χ1v) is 14.7. The number of aryl methyl sites for hydroxylation is 1. The second-order valence-corrected chi connectivity index (χ2v) is 11.2. The Labute approximate surface area is 252 Å². The van der Waals surface area contributed by atoms with E-state index in [9.17, 15) is 19.8 Å². The van der Waals surface area contributed by atoms with Gasteiger partial charge < -0.3 is 15.5 Å². The predicted octanol–water partition coefficient (Wildman–Crippen LogP) is 5.56. The Hall–Kier alpha value is -2.82. The zero-order chi connectivity index (χ0) is 28.0. The molecule has 1 aliphatic rings. The van der Waals surface area contributed by atoms with E-state index in [1.54, 1.807) is 12.3 Å². The van der Waals surface area contributed by atoms with E-state index in [4.69, 9.17) is 0 Å². The van der Waals surface area contributed by atoms with Crippen LogP contribution in [0.2, 0.25) is 0 Å². The molecule has 6 nitrogen and oxygen atoms in total. The van der Waals surface area contributed by atoms with Crippen LogP contribution in [0.15, 0.2) is 67.4 Å². The summed E-state index contributed by atoms with van der Waals surface area (Å²) >= 11 is 1.54. The number of carbonyl (C=O) groups is 2. The minimum atomic E-state index is -1.05. The monoisotopic (exact) mass is 552 g/mol. The van der Waals surface area contributed by atoms with Gasteiger partial charge in [0.2, 0.25) is 0 Å². The number of benzene rings is 2. The third kappa shape index (κ3) is 7.08. The summed E-state index contributed by atoms with van der Waals surface area (Å²) in [6, 6.07) is 16.1. The number of carboxylic acid groups (broad SMARTS) is 1. The molecular weight excluding hydrogens is 515 g/mol. The van der Waals surface area contributed by atoms with E-state index in [1.807, 2.05) is 61.7 Å². The number of carbonyl (C=O) groups excluding carboxylic acids is 1. The molecule has 1 aliphatic carbocycles. The van der Waals surface area contributed by atoms with Crippen LogP contribution in [0.1, 0.15) is 71.3 Å². The van der Waals surface area contributed by atoms with Crippen LogP contribution in [0.25, 0.3) is 16.7 Å². The number of aliphatic carboxylic acids is 1. The van der Waals surface area contributed by atoms with Crippen molar-refractivity contribution >= 4 is 48.1 Å². The van der Waals surface area contributed by atoms with Gasteiger partial charge in [-0.25, -0.2) is 4.79 Å². The second kappa shape index (κ2) is 14.2. The summed E-state index contributed by atoms with van der Waals surface area (Å²) < 4.78 is 0. The van der Waals surface area contributed by atoms with Crippen molar-refractivity contribution in [3.05, 3.63) is 95.3 Å². The first-order valence-electron chi connectivity index (χ1n) is 13.4. The van der Waals surface area contributed by atoms with Crippen molar-refractivity contribution in [3.63, 3.8) is 0 Å². The number of hydrogen-bond acceptors (Lipinski definition) is 5. The normalized spacial score (nSPS) is 15.0. The average Bonchev–Trinajstić information content (AvgIpc) is 2.95. The molecule has 4 rings (SSSR count). The summed E-state index contributed by atoms with van der Waals surface area (Å²) in [5, 5.41) is 23.9. The Morgan fingerprint density at radius 2 is 1.77 bits per heavy atom. The van der Waals surface area contributed by atoms with Crippen LogP contribution in [-0.4, -0.2) is 64.0 Å². The molecule has 3 aromatic rings. The Bertz CT molecular complexity index is 1370.